The van der Waals surface area contributed by atoms with Gasteiger partial charge in [0.05, 0.1) is 13.8 Å². The van der Waals surface area contributed by atoms with Gasteiger partial charge in [0.25, 0.3) is 0 Å². The summed E-state index contributed by atoms with van der Waals surface area (Å²) in [5.41, 5.74) is 0.910. The van der Waals surface area contributed by atoms with Gasteiger partial charge in [-0.25, -0.2) is 8.42 Å². The molecule has 1 atom stereocenters. The lowest BCUT2D eigenvalue weighted by Gasteiger charge is -2.16. The molecule has 0 aliphatic carbocycles. The molecular formula is C17H16Br2N2O6S. The zero-order chi connectivity index (χ0) is 21.1. The number of nitrogens with one attached hydrogen (secondary N) is 2. The van der Waals surface area contributed by atoms with Gasteiger partial charge in [0, 0.05) is 12.6 Å². The van der Waals surface area contributed by atoms with Gasteiger partial charge in [-0.1, -0.05) is 0 Å². The van der Waals surface area contributed by atoms with E-state index in [1.54, 1.807) is 0 Å². The molecule has 0 bridgehead atoms. The van der Waals surface area contributed by atoms with Crippen LogP contribution < -0.4 is 10.0 Å². The average molecular weight is 536 g/mol. The van der Waals surface area contributed by atoms with Crippen LogP contribution >= 0.6 is 31.9 Å². The molecule has 0 fully saturated rings. The lowest BCUT2D eigenvalue weighted by atomic mass is 10.1. The number of hydrogen-bond donors (Lipinski definition) is 4. The molecule has 0 saturated heterocycles. The van der Waals surface area contributed by atoms with Crippen LogP contribution in [0.1, 0.15) is 12.5 Å². The number of carbonyl (C=O) groups is 2. The minimum absolute atomic E-state index is 0.0459. The fourth-order valence-electron chi connectivity index (χ4n) is 2.33. The van der Waals surface area contributed by atoms with Crippen molar-refractivity contribution in [3.63, 3.8) is 0 Å². The van der Waals surface area contributed by atoms with Crippen LogP contribution in [-0.4, -0.2) is 36.5 Å². The van der Waals surface area contributed by atoms with Crippen molar-refractivity contribution in [2.24, 2.45) is 0 Å². The van der Waals surface area contributed by atoms with Crippen LogP contribution in [-0.2, 0) is 26.0 Å². The van der Waals surface area contributed by atoms with Crippen LogP contribution in [0.5, 0.6) is 5.75 Å². The number of carboxylic acids is 1. The highest BCUT2D eigenvalue weighted by Crippen LogP contribution is 2.33. The summed E-state index contributed by atoms with van der Waals surface area (Å²) in [6.07, 6.45) is -0.143. The molecule has 11 heteroatoms. The summed E-state index contributed by atoms with van der Waals surface area (Å²) in [7, 11) is -4.11. The second kappa shape index (κ2) is 9.03. The molecule has 2 aromatic rings. The second-order valence-corrected chi connectivity index (χ2v) is 9.25. The van der Waals surface area contributed by atoms with Crippen LogP contribution in [0, 0.1) is 0 Å². The minimum atomic E-state index is -4.11. The van der Waals surface area contributed by atoms with Crippen molar-refractivity contribution in [2.75, 3.05) is 5.32 Å². The maximum absolute atomic E-state index is 12.5. The van der Waals surface area contributed by atoms with Gasteiger partial charge in [0.1, 0.15) is 11.8 Å². The van der Waals surface area contributed by atoms with Crippen molar-refractivity contribution in [1.82, 2.24) is 4.72 Å². The highest BCUT2D eigenvalue weighted by atomic mass is 79.9. The summed E-state index contributed by atoms with van der Waals surface area (Å²) in [6, 6.07) is 6.92. The molecule has 150 valence electrons. The number of sulfonamides is 1. The van der Waals surface area contributed by atoms with Gasteiger partial charge in [-0.2, -0.15) is 4.72 Å². The van der Waals surface area contributed by atoms with Crippen molar-refractivity contribution in [3.8, 4) is 5.75 Å². The van der Waals surface area contributed by atoms with Gasteiger partial charge in [-0.05, 0) is 80.2 Å². The molecule has 8 nitrogen and oxygen atoms in total. The Labute approximate surface area is 178 Å². The van der Waals surface area contributed by atoms with Crippen LogP contribution in [0.2, 0.25) is 0 Å². The highest BCUT2D eigenvalue weighted by Gasteiger charge is 2.26. The summed E-state index contributed by atoms with van der Waals surface area (Å²) in [6.45, 7) is 1.32. The third-order valence-corrected chi connectivity index (χ3v) is 6.29. The van der Waals surface area contributed by atoms with Crippen molar-refractivity contribution in [1.29, 1.82) is 0 Å². The van der Waals surface area contributed by atoms with Gasteiger partial charge in [-0.15, -0.1) is 0 Å². The Balaban J connectivity index is 2.23. The molecule has 0 aliphatic heterocycles. The predicted octanol–water partition coefficient (Wildman–Crippen LogP) is 2.85. The first-order valence-electron chi connectivity index (χ1n) is 7.79. The van der Waals surface area contributed by atoms with E-state index in [9.17, 15) is 28.2 Å². The van der Waals surface area contributed by atoms with Gasteiger partial charge < -0.3 is 15.5 Å². The van der Waals surface area contributed by atoms with Crippen LogP contribution in [0.4, 0.5) is 5.69 Å². The van der Waals surface area contributed by atoms with E-state index >= 15 is 0 Å². The molecule has 0 unspecified atom stereocenters. The van der Waals surface area contributed by atoms with E-state index in [-0.39, 0.29) is 23.0 Å². The molecule has 0 aliphatic rings. The monoisotopic (exact) mass is 534 g/mol. The second-order valence-electron chi connectivity index (χ2n) is 5.83. The summed E-state index contributed by atoms with van der Waals surface area (Å²) in [4.78, 5) is 22.5. The van der Waals surface area contributed by atoms with Crippen LogP contribution in [0.25, 0.3) is 0 Å². The summed E-state index contributed by atoms with van der Waals surface area (Å²) >= 11 is 6.30. The molecular weight excluding hydrogens is 520 g/mol. The Kier molecular flexibility index (Phi) is 7.21. The number of carboxylic acid groups (broad SMARTS) is 1. The zero-order valence-corrected chi connectivity index (χ0v) is 18.4. The predicted molar refractivity (Wildman–Crippen MR) is 110 cm³/mol. The summed E-state index contributed by atoms with van der Waals surface area (Å²) < 4.78 is 27.9. The van der Waals surface area contributed by atoms with Crippen molar-refractivity contribution in [2.45, 2.75) is 24.3 Å². The number of aliphatic carboxylic acids is 1. The standard InChI is InChI=1S/C17H16Br2N2O6S/c1-9(22)20-11-2-4-12(5-3-11)28(26,27)21-15(17(24)25)8-10-6-13(18)16(23)14(19)7-10/h2-7,15,21,23H,8H2,1H3,(H,20,22)(H,24,25)/t15-/m0/s1. The number of halogens is 2. The first-order chi connectivity index (χ1) is 13.0. The number of rotatable bonds is 7. The molecule has 4 N–H and O–H groups in total. The molecule has 0 saturated carbocycles. The van der Waals surface area contributed by atoms with E-state index in [0.29, 0.717) is 20.2 Å². The van der Waals surface area contributed by atoms with Crippen molar-refractivity contribution >= 4 is 59.4 Å². The third-order valence-electron chi connectivity index (χ3n) is 3.60. The van der Waals surface area contributed by atoms with Gasteiger partial charge in [-0.3, -0.25) is 9.59 Å². The summed E-state index contributed by atoms with van der Waals surface area (Å²) in [5.74, 6) is -1.69. The molecule has 1 amide bonds. The lowest BCUT2D eigenvalue weighted by Crippen LogP contribution is -2.42. The Morgan fingerprint density at radius 1 is 1.11 bits per heavy atom. The van der Waals surface area contributed by atoms with E-state index in [2.05, 4.69) is 41.9 Å². The topological polar surface area (TPSA) is 133 Å². The molecule has 0 radical (unpaired) electrons. The van der Waals surface area contributed by atoms with Gasteiger partial charge in [0.2, 0.25) is 15.9 Å². The Bertz CT molecular complexity index is 986. The fourth-order valence-corrected chi connectivity index (χ4v) is 4.80. The Morgan fingerprint density at radius 2 is 1.64 bits per heavy atom. The number of phenolic OH excluding ortho intramolecular Hbond substituents is 1. The molecule has 0 heterocycles. The Hall–Kier alpha value is -1.95. The van der Waals surface area contributed by atoms with E-state index in [0.717, 1.165) is 0 Å². The summed E-state index contributed by atoms with van der Waals surface area (Å²) in [5, 5.41) is 21.7. The van der Waals surface area contributed by atoms with Gasteiger partial charge in [0.15, 0.2) is 0 Å². The lowest BCUT2D eigenvalue weighted by molar-refractivity contribution is -0.138. The zero-order valence-electron chi connectivity index (χ0n) is 14.4. The third kappa shape index (κ3) is 5.77. The normalized spacial score (nSPS) is 12.4. The number of aromatic hydroxyl groups is 1. The SMILES string of the molecule is CC(=O)Nc1ccc(S(=O)(=O)N[C@@H](Cc2cc(Br)c(O)c(Br)c2)C(=O)O)cc1. The van der Waals surface area contributed by atoms with Crippen molar-refractivity contribution < 1.29 is 28.2 Å². The van der Waals surface area contributed by atoms with E-state index in [1.165, 1.54) is 43.3 Å². The van der Waals surface area contributed by atoms with Crippen LogP contribution in [0.3, 0.4) is 0 Å². The number of benzene rings is 2. The Morgan fingerprint density at radius 3 is 2.11 bits per heavy atom. The van der Waals surface area contributed by atoms with Crippen molar-refractivity contribution in [3.05, 3.63) is 50.9 Å². The van der Waals surface area contributed by atoms with Gasteiger partial charge >= 0.3 is 5.97 Å². The maximum atomic E-state index is 12.5. The fraction of sp³-hybridized carbons (Fsp3) is 0.176. The smallest absolute Gasteiger partial charge is 0.322 e. The van der Waals surface area contributed by atoms with E-state index in [1.807, 2.05) is 0 Å². The first-order valence-corrected chi connectivity index (χ1v) is 10.9. The quantitative estimate of drug-likeness (QED) is 0.431. The average Bonchev–Trinajstić information content (AvgIpc) is 2.58. The highest BCUT2D eigenvalue weighted by molar-refractivity contribution is 9.11. The van der Waals surface area contributed by atoms with E-state index in [4.69, 9.17) is 0 Å². The maximum Gasteiger partial charge on any atom is 0.322 e. The minimum Gasteiger partial charge on any atom is -0.506 e. The number of amides is 1. The molecule has 28 heavy (non-hydrogen) atoms. The number of phenols is 1. The largest absolute Gasteiger partial charge is 0.506 e. The molecule has 2 aromatic carbocycles. The molecule has 0 spiro atoms. The molecule has 0 aromatic heterocycles. The first kappa shape index (κ1) is 22.3. The number of anilines is 1. The number of hydrogen-bond acceptors (Lipinski definition) is 5. The number of carbonyl (C=O) groups excluding carboxylic acids is 1. The van der Waals surface area contributed by atoms with E-state index < -0.39 is 22.0 Å². The van der Waals surface area contributed by atoms with Crippen LogP contribution in [0.15, 0.2) is 50.2 Å². The molecule has 2 rings (SSSR count).